The molecule has 0 aliphatic rings. The fraction of sp³-hybridized carbons (Fsp3) is 0.300. The molecule has 0 saturated carbocycles. The van der Waals surface area contributed by atoms with Crippen LogP contribution < -0.4 is 5.32 Å². The number of hydrogen-bond donors (Lipinski definition) is 1. The number of ether oxygens (including phenoxy) is 1. The molecule has 0 fully saturated rings. The van der Waals surface area contributed by atoms with E-state index in [-0.39, 0.29) is 17.6 Å². The number of alkyl carbamates (subject to hydrolysis) is 1. The maximum Gasteiger partial charge on any atom is 0.408 e. The molecule has 5 heteroatoms. The number of nitrogens with one attached hydrogen (secondary N) is 1. The largest absolute Gasteiger partial charge is 0.445 e. The molecule has 0 bridgehead atoms. The van der Waals surface area contributed by atoms with E-state index in [1.54, 1.807) is 0 Å². The minimum Gasteiger partial charge on any atom is -0.445 e. The Morgan fingerprint density at radius 2 is 1.52 bits per heavy atom. The highest BCUT2D eigenvalue weighted by Gasteiger charge is 2.25. The molecule has 0 radical (unpaired) electrons. The lowest BCUT2D eigenvalue weighted by Gasteiger charge is -2.20. The molecular weight excluding hydrogens is 334 g/mol. The van der Waals surface area contributed by atoms with Crippen molar-refractivity contribution in [3.8, 4) is 0 Å². The molecule has 1 amide bonds. The summed E-state index contributed by atoms with van der Waals surface area (Å²) in [6, 6.07) is 18.7. The van der Waals surface area contributed by atoms with E-state index >= 15 is 0 Å². The maximum absolute atomic E-state index is 12.5. The van der Waals surface area contributed by atoms with Crippen molar-refractivity contribution in [2.75, 3.05) is 0 Å². The van der Waals surface area contributed by atoms with E-state index < -0.39 is 12.1 Å². The van der Waals surface area contributed by atoms with Gasteiger partial charge < -0.3 is 10.1 Å². The van der Waals surface area contributed by atoms with Crippen LogP contribution in [0, 0.1) is 5.92 Å². The Bertz CT molecular complexity index is 674. The predicted molar refractivity (Wildman–Crippen MR) is 101 cm³/mol. The summed E-state index contributed by atoms with van der Waals surface area (Å²) >= 11 is 1.21. The van der Waals surface area contributed by atoms with Gasteiger partial charge in [0, 0.05) is 5.75 Å². The summed E-state index contributed by atoms with van der Waals surface area (Å²) in [4.78, 5) is 24.5. The molecule has 4 nitrogen and oxygen atoms in total. The van der Waals surface area contributed by atoms with Gasteiger partial charge in [0.2, 0.25) is 5.12 Å². The molecule has 2 aromatic rings. The standard InChI is InChI=1S/C20H23NO3S/c1-15(2)18(19(22)25-14-17-11-7-4-8-12-17)21-20(23)24-13-16-9-5-3-6-10-16/h3-12,15,18H,13-14H2,1-2H3,(H,21,23). The second kappa shape index (κ2) is 9.89. The van der Waals surface area contributed by atoms with Crippen LogP contribution in [0.15, 0.2) is 60.7 Å². The van der Waals surface area contributed by atoms with Gasteiger partial charge in [0.05, 0.1) is 0 Å². The number of benzene rings is 2. The van der Waals surface area contributed by atoms with Gasteiger partial charge in [-0.25, -0.2) is 4.79 Å². The minimum absolute atomic E-state index is 0.0138. The van der Waals surface area contributed by atoms with E-state index in [2.05, 4.69) is 5.32 Å². The van der Waals surface area contributed by atoms with E-state index in [1.807, 2.05) is 74.5 Å². The highest BCUT2D eigenvalue weighted by atomic mass is 32.2. The Kier molecular flexibility index (Phi) is 7.54. The lowest BCUT2D eigenvalue weighted by molar-refractivity contribution is -0.113. The SMILES string of the molecule is CC(C)C(NC(=O)OCc1ccccc1)C(=O)SCc1ccccc1. The first-order valence-corrected chi connectivity index (χ1v) is 9.22. The minimum atomic E-state index is -0.573. The highest BCUT2D eigenvalue weighted by molar-refractivity contribution is 8.13. The molecule has 1 atom stereocenters. The molecule has 1 N–H and O–H groups in total. The zero-order valence-corrected chi connectivity index (χ0v) is 15.3. The van der Waals surface area contributed by atoms with Crippen LogP contribution in [0.2, 0.25) is 0 Å². The van der Waals surface area contributed by atoms with Crippen molar-refractivity contribution in [1.29, 1.82) is 0 Å². The van der Waals surface area contributed by atoms with E-state index in [9.17, 15) is 9.59 Å². The van der Waals surface area contributed by atoms with Gasteiger partial charge in [-0.2, -0.15) is 0 Å². The van der Waals surface area contributed by atoms with Crippen LogP contribution in [0.25, 0.3) is 0 Å². The Labute approximate surface area is 153 Å². The first-order chi connectivity index (χ1) is 12.1. The van der Waals surface area contributed by atoms with E-state index in [0.29, 0.717) is 5.75 Å². The van der Waals surface area contributed by atoms with E-state index in [4.69, 9.17) is 4.74 Å². The fourth-order valence-electron chi connectivity index (χ4n) is 2.21. The van der Waals surface area contributed by atoms with Gasteiger partial charge in [0.25, 0.3) is 0 Å². The van der Waals surface area contributed by atoms with Crippen LogP contribution in [0.3, 0.4) is 0 Å². The highest BCUT2D eigenvalue weighted by Crippen LogP contribution is 2.18. The summed E-state index contributed by atoms with van der Waals surface area (Å²) in [6.07, 6.45) is -0.573. The lowest BCUT2D eigenvalue weighted by atomic mass is 10.1. The van der Waals surface area contributed by atoms with Crippen molar-refractivity contribution >= 4 is 23.0 Å². The third kappa shape index (κ3) is 6.63. The van der Waals surface area contributed by atoms with Gasteiger partial charge in [0.1, 0.15) is 12.6 Å². The Morgan fingerprint density at radius 1 is 0.960 bits per heavy atom. The smallest absolute Gasteiger partial charge is 0.408 e. The molecule has 2 rings (SSSR count). The predicted octanol–water partition coefficient (Wildman–Crippen LogP) is 4.40. The maximum atomic E-state index is 12.5. The normalized spacial score (nSPS) is 11.8. The van der Waals surface area contributed by atoms with Crippen molar-refractivity contribution in [2.45, 2.75) is 32.2 Å². The van der Waals surface area contributed by atoms with Crippen LogP contribution in [0.4, 0.5) is 4.79 Å². The summed E-state index contributed by atoms with van der Waals surface area (Å²) in [5.41, 5.74) is 1.98. The quantitative estimate of drug-likeness (QED) is 0.798. The van der Waals surface area contributed by atoms with Gasteiger partial charge in [-0.05, 0) is 17.0 Å². The number of thioether (sulfide) groups is 1. The zero-order chi connectivity index (χ0) is 18.1. The number of amides is 1. The van der Waals surface area contributed by atoms with Crippen LogP contribution in [-0.2, 0) is 21.9 Å². The summed E-state index contributed by atoms with van der Waals surface area (Å²) in [6.45, 7) is 4.00. The molecule has 132 valence electrons. The molecule has 1 unspecified atom stereocenters. The summed E-state index contributed by atoms with van der Waals surface area (Å²) < 4.78 is 5.21. The summed E-state index contributed by atoms with van der Waals surface area (Å²) in [5.74, 6) is 0.573. The first kappa shape index (κ1) is 19.1. The van der Waals surface area contributed by atoms with Crippen molar-refractivity contribution in [1.82, 2.24) is 5.32 Å². The van der Waals surface area contributed by atoms with Crippen molar-refractivity contribution < 1.29 is 14.3 Å². The number of carbonyl (C=O) groups excluding carboxylic acids is 2. The van der Waals surface area contributed by atoms with Gasteiger partial charge in [-0.15, -0.1) is 0 Å². The third-order valence-electron chi connectivity index (χ3n) is 3.63. The number of rotatable bonds is 7. The Morgan fingerprint density at radius 3 is 2.08 bits per heavy atom. The molecule has 0 aromatic heterocycles. The first-order valence-electron chi connectivity index (χ1n) is 8.24. The topological polar surface area (TPSA) is 55.4 Å². The van der Waals surface area contributed by atoms with Gasteiger partial charge in [0.15, 0.2) is 0 Å². The van der Waals surface area contributed by atoms with E-state index in [0.717, 1.165) is 11.1 Å². The summed E-state index contributed by atoms with van der Waals surface area (Å²) in [7, 11) is 0. The van der Waals surface area contributed by atoms with Gasteiger partial charge in [-0.3, -0.25) is 4.79 Å². The fourth-order valence-corrected chi connectivity index (χ4v) is 3.22. The molecular formula is C20H23NO3S. The van der Waals surface area contributed by atoms with Crippen LogP contribution >= 0.6 is 11.8 Å². The van der Waals surface area contributed by atoms with Crippen LogP contribution in [0.1, 0.15) is 25.0 Å². The average molecular weight is 357 g/mol. The molecule has 2 aromatic carbocycles. The van der Waals surface area contributed by atoms with Crippen molar-refractivity contribution in [3.63, 3.8) is 0 Å². The monoisotopic (exact) mass is 357 g/mol. The van der Waals surface area contributed by atoms with Crippen molar-refractivity contribution in [2.24, 2.45) is 5.92 Å². The summed E-state index contributed by atoms with van der Waals surface area (Å²) in [5, 5.41) is 2.63. The van der Waals surface area contributed by atoms with Crippen LogP contribution in [-0.4, -0.2) is 17.3 Å². The number of hydrogen-bond acceptors (Lipinski definition) is 4. The Balaban J connectivity index is 1.84. The van der Waals surface area contributed by atoms with Gasteiger partial charge in [-0.1, -0.05) is 86.3 Å². The average Bonchev–Trinajstić information content (AvgIpc) is 2.64. The third-order valence-corrected chi connectivity index (χ3v) is 4.65. The molecule has 0 aliphatic heterocycles. The van der Waals surface area contributed by atoms with Crippen LogP contribution in [0.5, 0.6) is 0 Å². The Hall–Kier alpha value is -2.27. The lowest BCUT2D eigenvalue weighted by Crippen LogP contribution is -2.43. The second-order valence-corrected chi connectivity index (χ2v) is 7.00. The number of carbonyl (C=O) groups is 2. The molecule has 0 saturated heterocycles. The molecule has 0 heterocycles. The van der Waals surface area contributed by atoms with Gasteiger partial charge >= 0.3 is 6.09 Å². The second-order valence-electron chi connectivity index (χ2n) is 6.02. The molecule has 0 spiro atoms. The molecule has 25 heavy (non-hydrogen) atoms. The van der Waals surface area contributed by atoms with Crippen molar-refractivity contribution in [3.05, 3.63) is 71.8 Å². The molecule has 0 aliphatic carbocycles. The zero-order valence-electron chi connectivity index (χ0n) is 14.5. The van der Waals surface area contributed by atoms with E-state index in [1.165, 1.54) is 11.8 Å².